The maximum absolute atomic E-state index is 12.9. The molecule has 194 valence electrons. The molecule has 0 spiro atoms. The van der Waals surface area contributed by atoms with Crippen LogP contribution in [0.5, 0.6) is 0 Å². The van der Waals surface area contributed by atoms with Crippen molar-refractivity contribution in [1.82, 2.24) is 10.6 Å². The van der Waals surface area contributed by atoms with Crippen molar-refractivity contribution in [3.05, 3.63) is 51.7 Å². The summed E-state index contributed by atoms with van der Waals surface area (Å²) in [5, 5.41) is 16.6. The van der Waals surface area contributed by atoms with Gasteiger partial charge in [0.05, 0.1) is 20.6 Å². The van der Waals surface area contributed by atoms with Gasteiger partial charge in [-0.2, -0.15) is 0 Å². The third-order valence-corrected chi connectivity index (χ3v) is 9.59. The normalized spacial score (nSPS) is 18.4. The molecule has 8 nitrogen and oxygen atoms in total. The number of aliphatic imine (C=N–C) groups is 1. The van der Waals surface area contributed by atoms with Crippen molar-refractivity contribution in [2.45, 2.75) is 50.6 Å². The molecule has 1 aromatic carbocycles. The number of carbonyl (C=O) groups excluding carboxylic acids is 2. The molecule has 0 saturated carbocycles. The highest BCUT2D eigenvalue weighted by atomic mass is 32.2. The maximum Gasteiger partial charge on any atom is 0.326 e. The Labute approximate surface area is 223 Å². The molecule has 4 heterocycles. The zero-order valence-corrected chi connectivity index (χ0v) is 22.0. The van der Waals surface area contributed by atoms with Crippen molar-refractivity contribution >= 4 is 61.1 Å². The molecule has 3 aromatic rings. The lowest BCUT2D eigenvalue weighted by Crippen LogP contribution is -2.45. The van der Waals surface area contributed by atoms with Crippen LogP contribution in [0.1, 0.15) is 58.3 Å². The van der Waals surface area contributed by atoms with Gasteiger partial charge in [-0.25, -0.2) is 9.79 Å². The van der Waals surface area contributed by atoms with E-state index in [0.29, 0.717) is 10.6 Å². The van der Waals surface area contributed by atoms with Gasteiger partial charge in [0.15, 0.2) is 5.78 Å². The summed E-state index contributed by atoms with van der Waals surface area (Å²) >= 11 is 3.21. The molecule has 0 bridgehead atoms. The van der Waals surface area contributed by atoms with E-state index < -0.39 is 24.0 Å². The molecular weight excluding hydrogens is 508 g/mol. The number of Topliss-reactive ketones (excluding diaryl/α,β-unsaturated/α-hetero) is 1. The summed E-state index contributed by atoms with van der Waals surface area (Å²) in [5.74, 6) is -1.16. The first-order valence-corrected chi connectivity index (χ1v) is 14.2. The summed E-state index contributed by atoms with van der Waals surface area (Å²) in [6, 6.07) is 9.32. The number of hydrogen-bond donors (Lipinski definition) is 4. The monoisotopic (exact) mass is 538 g/mol. The first-order chi connectivity index (χ1) is 17.9. The molecule has 5 N–H and O–H groups in total. The van der Waals surface area contributed by atoms with Gasteiger partial charge in [-0.05, 0) is 69.3 Å². The van der Waals surface area contributed by atoms with E-state index in [1.165, 1.54) is 35.5 Å². The van der Waals surface area contributed by atoms with Gasteiger partial charge >= 0.3 is 5.97 Å². The third kappa shape index (κ3) is 5.82. The molecule has 2 aliphatic heterocycles. The van der Waals surface area contributed by atoms with Gasteiger partial charge in [0, 0.05) is 22.2 Å². The molecule has 10 heteroatoms. The molecule has 2 aromatic heterocycles. The second-order valence-corrected chi connectivity index (χ2v) is 12.1. The molecule has 0 aliphatic carbocycles. The van der Waals surface area contributed by atoms with E-state index in [1.807, 2.05) is 12.1 Å². The fourth-order valence-corrected chi connectivity index (χ4v) is 7.42. The van der Waals surface area contributed by atoms with E-state index in [1.54, 1.807) is 29.5 Å². The van der Waals surface area contributed by atoms with Crippen LogP contribution in [-0.2, 0) is 16.0 Å². The third-order valence-electron chi connectivity index (χ3n) is 7.10. The van der Waals surface area contributed by atoms with Crippen molar-refractivity contribution in [1.29, 1.82) is 0 Å². The van der Waals surface area contributed by atoms with Gasteiger partial charge in [-0.15, -0.1) is 22.7 Å². The van der Waals surface area contributed by atoms with Gasteiger partial charge in [-0.3, -0.25) is 9.59 Å². The number of rotatable bonds is 10. The van der Waals surface area contributed by atoms with Gasteiger partial charge in [0.1, 0.15) is 11.8 Å². The van der Waals surface area contributed by atoms with Crippen LogP contribution >= 0.6 is 22.7 Å². The quantitative estimate of drug-likeness (QED) is 0.286. The van der Waals surface area contributed by atoms with Crippen molar-refractivity contribution in [2.75, 3.05) is 13.1 Å². The summed E-state index contributed by atoms with van der Waals surface area (Å²) in [7, 11) is 0. The molecule has 5 rings (SSSR count). The van der Waals surface area contributed by atoms with Crippen LogP contribution in [0, 0.1) is 5.92 Å². The van der Waals surface area contributed by atoms with Gasteiger partial charge in [0.25, 0.3) is 5.91 Å². The van der Waals surface area contributed by atoms with Gasteiger partial charge in [-0.1, -0.05) is 18.2 Å². The Bertz CT molecular complexity index is 1320. The number of thiophene rings is 2. The SMILES string of the molecule is NC1C(C(=O)N[C@@H](CCC(=O)c2cc3cc(CCC4CCNCC4)sc3s2)C(=O)O)=Nc2ccccc21. The lowest BCUT2D eigenvalue weighted by molar-refractivity contribution is -0.141. The molecule has 1 saturated heterocycles. The number of carbonyl (C=O) groups is 3. The Morgan fingerprint density at radius 1 is 1.16 bits per heavy atom. The fourth-order valence-electron chi connectivity index (χ4n) is 4.95. The van der Waals surface area contributed by atoms with Crippen LogP contribution in [0.4, 0.5) is 5.69 Å². The van der Waals surface area contributed by atoms with Crippen molar-refractivity contribution in [3.8, 4) is 0 Å². The Kier molecular flexibility index (Phi) is 7.80. The van der Waals surface area contributed by atoms with Crippen molar-refractivity contribution < 1.29 is 19.5 Å². The van der Waals surface area contributed by atoms with E-state index in [4.69, 9.17) is 5.73 Å². The van der Waals surface area contributed by atoms with E-state index in [9.17, 15) is 19.5 Å². The van der Waals surface area contributed by atoms with Gasteiger partial charge < -0.3 is 21.5 Å². The lowest BCUT2D eigenvalue weighted by Gasteiger charge is -2.22. The van der Waals surface area contributed by atoms with Crippen LogP contribution < -0.4 is 16.4 Å². The van der Waals surface area contributed by atoms with E-state index >= 15 is 0 Å². The summed E-state index contributed by atoms with van der Waals surface area (Å²) in [6.07, 6.45) is 4.76. The van der Waals surface area contributed by atoms with Crippen LogP contribution in [0.2, 0.25) is 0 Å². The Hall–Kier alpha value is -2.92. The Morgan fingerprint density at radius 2 is 1.95 bits per heavy atom. The molecule has 2 aliphatic rings. The molecule has 37 heavy (non-hydrogen) atoms. The van der Waals surface area contributed by atoms with Crippen LogP contribution in [0.15, 0.2) is 41.4 Å². The number of carboxylic acid groups (broad SMARTS) is 1. The van der Waals surface area contributed by atoms with E-state index in [-0.39, 0.29) is 24.3 Å². The minimum Gasteiger partial charge on any atom is -0.480 e. The zero-order chi connectivity index (χ0) is 25.9. The van der Waals surface area contributed by atoms with Crippen LogP contribution in [0.3, 0.4) is 0 Å². The number of amides is 1. The Balaban J connectivity index is 1.16. The minimum atomic E-state index is -1.21. The van der Waals surface area contributed by atoms with E-state index in [0.717, 1.165) is 40.4 Å². The smallest absolute Gasteiger partial charge is 0.326 e. The number of carboxylic acids is 1. The molecule has 1 unspecified atom stereocenters. The number of fused-ring (bicyclic) bond motifs is 2. The summed E-state index contributed by atoms with van der Waals surface area (Å²) in [5.41, 5.74) is 7.55. The number of hydrogen-bond acceptors (Lipinski definition) is 8. The van der Waals surface area contributed by atoms with Crippen molar-refractivity contribution in [2.24, 2.45) is 16.6 Å². The van der Waals surface area contributed by atoms with Gasteiger partial charge in [0.2, 0.25) is 0 Å². The first kappa shape index (κ1) is 25.7. The minimum absolute atomic E-state index is 0.0115. The number of benzene rings is 1. The topological polar surface area (TPSA) is 134 Å². The van der Waals surface area contributed by atoms with Crippen molar-refractivity contribution in [3.63, 3.8) is 0 Å². The second-order valence-electron chi connectivity index (χ2n) is 9.66. The highest BCUT2D eigenvalue weighted by Crippen LogP contribution is 2.36. The Morgan fingerprint density at radius 3 is 2.68 bits per heavy atom. The highest BCUT2D eigenvalue weighted by molar-refractivity contribution is 7.39. The first-order valence-electron chi connectivity index (χ1n) is 12.6. The second kappa shape index (κ2) is 11.2. The number of nitrogens with one attached hydrogen (secondary N) is 2. The number of nitrogens with two attached hydrogens (primary N) is 1. The fraction of sp³-hybridized carbons (Fsp3) is 0.407. The average molecular weight is 539 g/mol. The number of para-hydroxylation sites is 1. The standard InChI is InChI=1S/C27H30N4O4S2/c28-23-18-3-1-2-4-19(18)30-24(23)25(33)31-20(26(34)35)7-8-21(32)22-14-16-13-17(36-27(16)37-22)6-5-15-9-11-29-12-10-15/h1-4,13-15,20,23,29H,5-12,28H2,(H,31,33)(H,34,35)/t20-,23?/m0/s1. The number of aryl methyl sites for hydroxylation is 1. The van der Waals surface area contributed by atoms with Crippen LogP contribution in [0.25, 0.3) is 9.40 Å². The zero-order valence-electron chi connectivity index (χ0n) is 20.4. The maximum atomic E-state index is 12.9. The number of piperidine rings is 1. The number of ketones is 1. The summed E-state index contributed by atoms with van der Waals surface area (Å²) < 4.78 is 1.12. The molecule has 2 atom stereocenters. The predicted octanol–water partition coefficient (Wildman–Crippen LogP) is 4.21. The largest absolute Gasteiger partial charge is 0.480 e. The number of nitrogens with zero attached hydrogens (tertiary/aromatic N) is 1. The molecule has 1 fully saturated rings. The van der Waals surface area contributed by atoms with E-state index in [2.05, 4.69) is 21.7 Å². The molecular formula is C27H30N4O4S2. The van der Waals surface area contributed by atoms with Crippen LogP contribution in [-0.4, -0.2) is 47.6 Å². The predicted molar refractivity (Wildman–Crippen MR) is 147 cm³/mol. The lowest BCUT2D eigenvalue weighted by atomic mass is 9.93. The number of aliphatic carboxylic acids is 1. The summed E-state index contributed by atoms with van der Waals surface area (Å²) in [4.78, 5) is 43.7. The molecule has 0 radical (unpaired) electrons. The average Bonchev–Trinajstić information content (AvgIpc) is 3.57. The highest BCUT2D eigenvalue weighted by Gasteiger charge is 2.31. The molecule has 1 amide bonds. The summed E-state index contributed by atoms with van der Waals surface area (Å²) in [6.45, 7) is 2.22.